The van der Waals surface area contributed by atoms with Gasteiger partial charge in [0, 0.05) is 9.13 Å². The number of ether oxygens (including phenoxy) is 1. The van der Waals surface area contributed by atoms with Crippen molar-refractivity contribution in [1.82, 2.24) is 20.2 Å². The Morgan fingerprint density at radius 3 is 2.32 bits per heavy atom. The minimum Gasteiger partial charge on any atom is -0.493 e. The van der Waals surface area contributed by atoms with Crippen molar-refractivity contribution >= 4 is 46.3 Å². The summed E-state index contributed by atoms with van der Waals surface area (Å²) in [7, 11) is 0. The van der Waals surface area contributed by atoms with Gasteiger partial charge < -0.3 is 14.9 Å². The Morgan fingerprint density at radius 1 is 1.06 bits per heavy atom. The number of aliphatic carboxylic acids is 2. The van der Waals surface area contributed by atoms with Gasteiger partial charge in [-0.05, 0) is 57.6 Å². The molecule has 9 nitrogen and oxygen atoms in total. The number of rotatable bonds is 18. The average molecular weight is 605 g/mol. The van der Waals surface area contributed by atoms with Gasteiger partial charge in [0.05, 0.1) is 6.61 Å². The SMILES string of the molecule is CCCCCCCCCCCCOc1ccc(I)cc1C(Sc1nnnn1CC(=O)O)C(=O)O. The lowest BCUT2D eigenvalue weighted by Gasteiger charge is -2.17. The van der Waals surface area contributed by atoms with Crippen molar-refractivity contribution in [2.45, 2.75) is 88.1 Å². The molecule has 0 amide bonds. The quantitative estimate of drug-likeness (QED) is 0.127. The van der Waals surface area contributed by atoms with Crippen LogP contribution in [0.3, 0.4) is 0 Å². The molecule has 1 aromatic carbocycles. The van der Waals surface area contributed by atoms with Crippen LogP contribution in [0, 0.1) is 3.57 Å². The molecule has 0 saturated heterocycles. The molecule has 188 valence electrons. The molecule has 11 heteroatoms. The van der Waals surface area contributed by atoms with Gasteiger partial charge in [0.15, 0.2) is 0 Å². The largest absolute Gasteiger partial charge is 0.493 e. The highest BCUT2D eigenvalue weighted by Crippen LogP contribution is 2.39. The van der Waals surface area contributed by atoms with Gasteiger partial charge in [-0.25, -0.2) is 4.68 Å². The van der Waals surface area contributed by atoms with Crippen LogP contribution in [0.4, 0.5) is 0 Å². The van der Waals surface area contributed by atoms with Gasteiger partial charge in [0.1, 0.15) is 17.5 Å². The number of tetrazole rings is 1. The Kier molecular flexibility index (Phi) is 13.3. The third kappa shape index (κ3) is 10.2. The van der Waals surface area contributed by atoms with E-state index in [9.17, 15) is 14.7 Å². The van der Waals surface area contributed by atoms with E-state index in [-0.39, 0.29) is 5.16 Å². The summed E-state index contributed by atoms with van der Waals surface area (Å²) in [6.07, 6.45) is 12.3. The third-order valence-electron chi connectivity index (χ3n) is 5.24. The van der Waals surface area contributed by atoms with E-state index in [4.69, 9.17) is 9.84 Å². The van der Waals surface area contributed by atoms with Gasteiger partial charge in [-0.2, -0.15) is 0 Å². The fraction of sp³-hybridized carbons (Fsp3) is 0.609. The zero-order valence-corrected chi connectivity index (χ0v) is 22.5. The monoisotopic (exact) mass is 604 g/mol. The van der Waals surface area contributed by atoms with E-state index in [0.29, 0.717) is 17.9 Å². The van der Waals surface area contributed by atoms with Crippen LogP contribution in [0.1, 0.15) is 81.9 Å². The number of nitrogens with zero attached hydrogens (tertiary/aromatic N) is 4. The second-order valence-corrected chi connectivity index (χ2v) is 10.4. The molecule has 1 heterocycles. The maximum Gasteiger partial charge on any atom is 0.325 e. The molecule has 0 spiro atoms. The lowest BCUT2D eigenvalue weighted by molar-refractivity contribution is -0.138. The molecule has 0 bridgehead atoms. The Hall–Kier alpha value is -1.89. The van der Waals surface area contributed by atoms with E-state index in [1.807, 2.05) is 6.07 Å². The molecule has 0 saturated carbocycles. The first-order chi connectivity index (χ1) is 16.4. The minimum absolute atomic E-state index is 0.120. The topological polar surface area (TPSA) is 127 Å². The molecule has 0 radical (unpaired) electrons. The van der Waals surface area contributed by atoms with Crippen LogP contribution in [0.25, 0.3) is 0 Å². The molecule has 1 aromatic heterocycles. The van der Waals surface area contributed by atoms with Crippen molar-refractivity contribution in [3.8, 4) is 5.75 Å². The van der Waals surface area contributed by atoms with Gasteiger partial charge in [-0.3, -0.25) is 9.59 Å². The zero-order valence-electron chi connectivity index (χ0n) is 19.5. The number of thioether (sulfide) groups is 1. The number of carboxylic acids is 2. The summed E-state index contributed by atoms with van der Waals surface area (Å²) in [6.45, 7) is 2.29. The fourth-order valence-electron chi connectivity index (χ4n) is 3.49. The van der Waals surface area contributed by atoms with Crippen LogP contribution in [0.5, 0.6) is 5.75 Å². The molecule has 34 heavy (non-hydrogen) atoms. The number of carboxylic acid groups (broad SMARTS) is 2. The summed E-state index contributed by atoms with van der Waals surface area (Å²) in [5.41, 5.74) is 0.501. The van der Waals surface area contributed by atoms with E-state index in [0.717, 1.165) is 32.9 Å². The highest BCUT2D eigenvalue weighted by Gasteiger charge is 2.28. The normalized spacial score (nSPS) is 11.9. The number of hydrogen-bond donors (Lipinski definition) is 2. The molecule has 0 aliphatic heterocycles. The predicted octanol–water partition coefficient (Wildman–Crippen LogP) is 5.58. The number of benzene rings is 1. The summed E-state index contributed by atoms with van der Waals surface area (Å²) in [5.74, 6) is -1.69. The molecule has 2 rings (SSSR count). The van der Waals surface area contributed by atoms with E-state index in [1.165, 1.54) is 51.4 Å². The summed E-state index contributed by atoms with van der Waals surface area (Å²) < 4.78 is 7.92. The first kappa shape index (κ1) is 28.3. The molecule has 0 aliphatic rings. The lowest BCUT2D eigenvalue weighted by Crippen LogP contribution is -2.15. The first-order valence-corrected chi connectivity index (χ1v) is 13.7. The van der Waals surface area contributed by atoms with Crippen LogP contribution in [0.2, 0.25) is 0 Å². The average Bonchev–Trinajstić information content (AvgIpc) is 3.22. The molecular formula is C23H33IN4O5S. The van der Waals surface area contributed by atoms with E-state index in [2.05, 4.69) is 45.0 Å². The zero-order chi connectivity index (χ0) is 24.8. The third-order valence-corrected chi connectivity index (χ3v) is 7.11. The summed E-state index contributed by atoms with van der Waals surface area (Å²) in [5, 5.41) is 28.9. The maximum atomic E-state index is 12.1. The summed E-state index contributed by atoms with van der Waals surface area (Å²) in [6, 6.07) is 5.42. The predicted molar refractivity (Wildman–Crippen MR) is 138 cm³/mol. The highest BCUT2D eigenvalue weighted by atomic mass is 127. The number of hydrogen-bond acceptors (Lipinski definition) is 7. The molecule has 1 unspecified atom stereocenters. The van der Waals surface area contributed by atoms with Crippen molar-refractivity contribution in [3.63, 3.8) is 0 Å². The molecule has 0 aliphatic carbocycles. The second kappa shape index (κ2) is 15.9. The molecule has 0 fully saturated rings. The van der Waals surface area contributed by atoms with Gasteiger partial charge in [0.25, 0.3) is 0 Å². The number of aromatic nitrogens is 4. The Morgan fingerprint density at radius 2 is 1.71 bits per heavy atom. The number of unbranched alkanes of at least 4 members (excludes halogenated alkanes) is 9. The number of carbonyl (C=O) groups is 2. The molecule has 1 atom stereocenters. The fourth-order valence-corrected chi connectivity index (χ4v) is 4.93. The van der Waals surface area contributed by atoms with Gasteiger partial charge >= 0.3 is 11.9 Å². The first-order valence-electron chi connectivity index (χ1n) is 11.7. The summed E-state index contributed by atoms with van der Waals surface area (Å²) >= 11 is 3.01. The Bertz CT molecular complexity index is 911. The maximum absolute atomic E-state index is 12.1. The molecular weight excluding hydrogens is 571 g/mol. The van der Waals surface area contributed by atoms with E-state index >= 15 is 0 Å². The van der Waals surface area contributed by atoms with Crippen LogP contribution >= 0.6 is 34.4 Å². The van der Waals surface area contributed by atoms with Crippen molar-refractivity contribution in [3.05, 3.63) is 27.3 Å². The summed E-state index contributed by atoms with van der Waals surface area (Å²) in [4.78, 5) is 23.1. The number of halogens is 1. The van der Waals surface area contributed by atoms with E-state index in [1.54, 1.807) is 12.1 Å². The van der Waals surface area contributed by atoms with Gasteiger partial charge in [-0.1, -0.05) is 76.5 Å². The van der Waals surface area contributed by atoms with Crippen LogP contribution in [-0.2, 0) is 16.1 Å². The van der Waals surface area contributed by atoms with Crippen molar-refractivity contribution < 1.29 is 24.5 Å². The Balaban J connectivity index is 1.90. The van der Waals surface area contributed by atoms with Gasteiger partial charge in [0.2, 0.25) is 5.16 Å². The Labute approximate surface area is 218 Å². The van der Waals surface area contributed by atoms with Crippen LogP contribution in [0.15, 0.2) is 23.4 Å². The molecule has 2 N–H and O–H groups in total. The van der Waals surface area contributed by atoms with Crippen LogP contribution < -0.4 is 4.74 Å². The van der Waals surface area contributed by atoms with E-state index < -0.39 is 23.7 Å². The van der Waals surface area contributed by atoms with Crippen molar-refractivity contribution in [2.75, 3.05) is 6.61 Å². The van der Waals surface area contributed by atoms with Crippen LogP contribution in [-0.4, -0.2) is 49.0 Å². The smallest absolute Gasteiger partial charge is 0.325 e. The minimum atomic E-state index is -1.12. The van der Waals surface area contributed by atoms with Crippen molar-refractivity contribution in [2.24, 2.45) is 0 Å². The van der Waals surface area contributed by atoms with Crippen molar-refractivity contribution in [1.29, 1.82) is 0 Å². The second-order valence-electron chi connectivity index (χ2n) is 8.06. The van der Waals surface area contributed by atoms with Gasteiger partial charge in [-0.15, -0.1) is 5.10 Å². The molecule has 2 aromatic rings. The standard InChI is InChI=1S/C23H33IN4O5S/c1-2-3-4-5-6-7-8-9-10-11-14-33-19-13-12-17(24)15-18(19)21(22(31)32)34-23-25-26-27-28(23)16-20(29)30/h12-13,15,21H,2-11,14,16H2,1H3,(H,29,30)(H,31,32). The lowest BCUT2D eigenvalue weighted by atomic mass is 10.1. The highest BCUT2D eigenvalue weighted by molar-refractivity contribution is 14.1.